The van der Waals surface area contributed by atoms with Crippen LogP contribution in [-0.4, -0.2) is 31.9 Å². The fourth-order valence-electron chi connectivity index (χ4n) is 2.64. The van der Waals surface area contributed by atoms with E-state index in [9.17, 15) is 13.6 Å². The van der Waals surface area contributed by atoms with Crippen molar-refractivity contribution in [2.75, 3.05) is 7.05 Å². The monoisotopic (exact) mass is 357 g/mol. The van der Waals surface area contributed by atoms with Crippen LogP contribution in [0, 0.1) is 0 Å². The predicted octanol–water partition coefficient (Wildman–Crippen LogP) is 2.80. The Morgan fingerprint density at radius 1 is 1.19 bits per heavy atom. The molecular formula is C18H17F2N5O. The maximum atomic E-state index is 13.0. The van der Waals surface area contributed by atoms with Gasteiger partial charge in [0, 0.05) is 43.3 Å². The topological polar surface area (TPSA) is 74.8 Å². The molecule has 134 valence electrons. The summed E-state index contributed by atoms with van der Waals surface area (Å²) in [4.78, 5) is 28.4. The first-order valence-corrected chi connectivity index (χ1v) is 7.94. The van der Waals surface area contributed by atoms with Gasteiger partial charge in [0.05, 0.1) is 5.69 Å². The molecule has 0 aliphatic heterocycles. The summed E-state index contributed by atoms with van der Waals surface area (Å²) < 4.78 is 25.9. The van der Waals surface area contributed by atoms with Crippen LogP contribution in [0.5, 0.6) is 0 Å². The number of rotatable bonds is 6. The molecule has 0 aliphatic carbocycles. The van der Waals surface area contributed by atoms with Crippen LogP contribution in [0.15, 0.2) is 53.7 Å². The Morgan fingerprint density at radius 2 is 2.00 bits per heavy atom. The molecule has 0 fully saturated rings. The zero-order chi connectivity index (χ0) is 18.5. The standard InChI is InChI=1S/C18H17F2N5O/c1-25(11-13-9-21-6-7-22-13)10-12-4-2-3-5-14(12)18-23-15(17(19)20)8-16(26)24-18/h2-9,17H,10-11H2,1H3,(H,23,24,26). The third-order valence-corrected chi connectivity index (χ3v) is 3.75. The largest absolute Gasteiger partial charge is 0.307 e. The number of H-pyrrole nitrogens is 1. The van der Waals surface area contributed by atoms with Crippen molar-refractivity contribution in [2.45, 2.75) is 19.5 Å². The maximum absolute atomic E-state index is 13.0. The molecule has 1 aromatic carbocycles. The van der Waals surface area contributed by atoms with Gasteiger partial charge in [-0.2, -0.15) is 0 Å². The minimum atomic E-state index is -2.80. The van der Waals surface area contributed by atoms with E-state index in [1.54, 1.807) is 30.7 Å². The molecule has 0 radical (unpaired) electrons. The van der Waals surface area contributed by atoms with Crippen molar-refractivity contribution in [1.29, 1.82) is 0 Å². The normalized spacial score (nSPS) is 11.3. The highest BCUT2D eigenvalue weighted by atomic mass is 19.3. The summed E-state index contributed by atoms with van der Waals surface area (Å²) >= 11 is 0. The van der Waals surface area contributed by atoms with Crippen molar-refractivity contribution < 1.29 is 8.78 Å². The van der Waals surface area contributed by atoms with Crippen LogP contribution < -0.4 is 5.56 Å². The first-order valence-electron chi connectivity index (χ1n) is 7.94. The van der Waals surface area contributed by atoms with Gasteiger partial charge in [-0.05, 0) is 12.6 Å². The van der Waals surface area contributed by atoms with Crippen LogP contribution in [0.2, 0.25) is 0 Å². The molecule has 1 N–H and O–H groups in total. The molecule has 2 aromatic heterocycles. The number of hydrogen-bond donors (Lipinski definition) is 1. The lowest BCUT2D eigenvalue weighted by Crippen LogP contribution is -2.19. The third kappa shape index (κ3) is 4.34. The molecule has 26 heavy (non-hydrogen) atoms. The number of hydrogen-bond acceptors (Lipinski definition) is 5. The minimum Gasteiger partial charge on any atom is -0.307 e. The van der Waals surface area contributed by atoms with Crippen LogP contribution in [0.4, 0.5) is 8.78 Å². The summed E-state index contributed by atoms with van der Waals surface area (Å²) in [7, 11) is 1.91. The number of benzene rings is 1. The van der Waals surface area contributed by atoms with Crippen LogP contribution in [0.3, 0.4) is 0 Å². The van der Waals surface area contributed by atoms with Crippen molar-refractivity contribution in [3.8, 4) is 11.4 Å². The summed E-state index contributed by atoms with van der Waals surface area (Å²) in [5.41, 5.74) is 1.14. The lowest BCUT2D eigenvalue weighted by Gasteiger charge is -2.18. The van der Waals surface area contributed by atoms with Crippen LogP contribution in [0.1, 0.15) is 23.4 Å². The second-order valence-electron chi connectivity index (χ2n) is 5.85. The van der Waals surface area contributed by atoms with Gasteiger partial charge >= 0.3 is 0 Å². The molecule has 0 amide bonds. The molecule has 2 heterocycles. The first-order chi connectivity index (χ1) is 12.5. The highest BCUT2D eigenvalue weighted by molar-refractivity contribution is 5.60. The Labute approximate surface area is 148 Å². The van der Waals surface area contributed by atoms with Gasteiger partial charge in [-0.3, -0.25) is 19.7 Å². The molecule has 0 spiro atoms. The molecule has 0 atom stereocenters. The van der Waals surface area contributed by atoms with Gasteiger partial charge in [0.1, 0.15) is 11.5 Å². The number of aromatic nitrogens is 4. The molecule has 0 unspecified atom stereocenters. The fraction of sp³-hybridized carbons (Fsp3) is 0.222. The predicted molar refractivity (Wildman–Crippen MR) is 92.5 cm³/mol. The van der Waals surface area contributed by atoms with Gasteiger partial charge < -0.3 is 4.98 Å². The van der Waals surface area contributed by atoms with Gasteiger partial charge in [-0.15, -0.1) is 0 Å². The van der Waals surface area contributed by atoms with Crippen LogP contribution >= 0.6 is 0 Å². The van der Waals surface area contributed by atoms with E-state index < -0.39 is 17.7 Å². The summed E-state index contributed by atoms with van der Waals surface area (Å²) in [5, 5.41) is 0. The van der Waals surface area contributed by atoms with Gasteiger partial charge in [0.25, 0.3) is 12.0 Å². The summed E-state index contributed by atoms with van der Waals surface area (Å²) in [6, 6.07) is 8.06. The zero-order valence-electron chi connectivity index (χ0n) is 14.1. The van der Waals surface area contributed by atoms with E-state index in [4.69, 9.17) is 0 Å². The Balaban J connectivity index is 1.88. The van der Waals surface area contributed by atoms with Crippen molar-refractivity contribution in [3.05, 3.63) is 76.2 Å². The fourth-order valence-corrected chi connectivity index (χ4v) is 2.64. The van der Waals surface area contributed by atoms with E-state index in [0.29, 0.717) is 18.7 Å². The van der Waals surface area contributed by atoms with E-state index in [-0.39, 0.29) is 5.82 Å². The molecular weight excluding hydrogens is 340 g/mol. The molecule has 0 aliphatic rings. The average molecular weight is 357 g/mol. The lowest BCUT2D eigenvalue weighted by molar-refractivity contribution is 0.146. The van der Waals surface area contributed by atoms with Crippen molar-refractivity contribution in [2.24, 2.45) is 0 Å². The van der Waals surface area contributed by atoms with E-state index in [1.165, 1.54) is 0 Å². The number of alkyl halides is 2. The van der Waals surface area contributed by atoms with Gasteiger partial charge in [-0.1, -0.05) is 24.3 Å². The minimum absolute atomic E-state index is 0.135. The highest BCUT2D eigenvalue weighted by Gasteiger charge is 2.15. The second kappa shape index (κ2) is 7.92. The summed E-state index contributed by atoms with van der Waals surface area (Å²) in [5.74, 6) is 0.135. The molecule has 0 bridgehead atoms. The smallest absolute Gasteiger partial charge is 0.280 e. The van der Waals surface area contributed by atoms with Gasteiger partial charge in [0.15, 0.2) is 0 Å². The Bertz CT molecular complexity index is 930. The SMILES string of the molecule is CN(Cc1cnccn1)Cc1ccccc1-c1nc(C(F)F)cc(=O)[nH]1. The molecule has 8 heteroatoms. The quantitative estimate of drug-likeness (QED) is 0.734. The number of nitrogens with one attached hydrogen (secondary N) is 1. The molecule has 3 aromatic rings. The van der Waals surface area contributed by atoms with E-state index in [0.717, 1.165) is 17.3 Å². The number of aromatic amines is 1. The number of nitrogens with zero attached hydrogens (tertiary/aromatic N) is 4. The summed E-state index contributed by atoms with van der Waals surface area (Å²) in [6.45, 7) is 1.10. The Hall–Kier alpha value is -3.00. The number of halogens is 2. The summed E-state index contributed by atoms with van der Waals surface area (Å²) in [6.07, 6.45) is 2.12. The zero-order valence-corrected chi connectivity index (χ0v) is 14.1. The van der Waals surface area contributed by atoms with Crippen LogP contribution in [0.25, 0.3) is 11.4 Å². The third-order valence-electron chi connectivity index (χ3n) is 3.75. The molecule has 0 saturated heterocycles. The second-order valence-corrected chi connectivity index (χ2v) is 5.85. The van der Waals surface area contributed by atoms with Gasteiger partial charge in [-0.25, -0.2) is 13.8 Å². The molecule has 0 saturated carbocycles. The van der Waals surface area contributed by atoms with E-state index >= 15 is 0 Å². The van der Waals surface area contributed by atoms with Crippen molar-refractivity contribution >= 4 is 0 Å². The Kier molecular flexibility index (Phi) is 5.43. The van der Waals surface area contributed by atoms with E-state index in [2.05, 4.69) is 19.9 Å². The molecule has 6 nitrogen and oxygen atoms in total. The Morgan fingerprint density at radius 3 is 2.73 bits per heavy atom. The lowest BCUT2D eigenvalue weighted by atomic mass is 10.1. The first kappa shape index (κ1) is 17.8. The average Bonchev–Trinajstić information content (AvgIpc) is 2.62. The van der Waals surface area contributed by atoms with Crippen molar-refractivity contribution in [3.63, 3.8) is 0 Å². The van der Waals surface area contributed by atoms with Crippen LogP contribution in [-0.2, 0) is 13.1 Å². The van der Waals surface area contributed by atoms with Crippen molar-refractivity contribution in [1.82, 2.24) is 24.8 Å². The molecule has 3 rings (SSSR count). The highest BCUT2D eigenvalue weighted by Crippen LogP contribution is 2.23. The maximum Gasteiger partial charge on any atom is 0.280 e. The van der Waals surface area contributed by atoms with Gasteiger partial charge in [0.2, 0.25) is 0 Å². The van der Waals surface area contributed by atoms with E-state index in [1.807, 2.05) is 24.1 Å².